The molecule has 3 aromatic rings. The number of rotatable bonds is 8. The van der Waals surface area contributed by atoms with Crippen LogP contribution in [0.25, 0.3) is 11.2 Å². The summed E-state index contributed by atoms with van der Waals surface area (Å²) in [6.07, 6.45) is -1.10. The van der Waals surface area contributed by atoms with E-state index in [0.717, 1.165) is 0 Å². The van der Waals surface area contributed by atoms with Crippen LogP contribution in [-0.2, 0) is 14.8 Å². The van der Waals surface area contributed by atoms with Gasteiger partial charge in [-0.15, -0.1) is 0 Å². The summed E-state index contributed by atoms with van der Waals surface area (Å²) in [5.41, 5.74) is 6.57. The third-order valence-corrected chi connectivity index (χ3v) is 7.41. The van der Waals surface area contributed by atoms with Gasteiger partial charge in [0.2, 0.25) is 10.0 Å². The van der Waals surface area contributed by atoms with Gasteiger partial charge in [0.05, 0.1) is 17.3 Å². The van der Waals surface area contributed by atoms with Gasteiger partial charge in [-0.2, -0.15) is 11.8 Å². The molecule has 0 unspecified atom stereocenters. The van der Waals surface area contributed by atoms with Crippen molar-refractivity contribution in [1.82, 2.24) is 24.2 Å². The molecule has 0 radical (unpaired) electrons. The van der Waals surface area contributed by atoms with Crippen molar-refractivity contribution in [1.29, 1.82) is 0 Å². The molecule has 4 atom stereocenters. The maximum absolute atomic E-state index is 12.2. The SMILES string of the molecule is Nc1ncnc2c1ncn2[C@@H]1O[C@H](CSCCNS(=O)(=O)c2ccccc2)[C@@H](O)[C@H]1O. The number of fused-ring (bicyclic) bond motifs is 1. The molecule has 3 heterocycles. The lowest BCUT2D eigenvalue weighted by molar-refractivity contribution is -0.0289. The average molecular weight is 467 g/mol. The van der Waals surface area contributed by atoms with E-state index in [-0.39, 0.29) is 17.3 Å². The number of aliphatic hydroxyl groups excluding tert-OH is 2. The molecule has 2 aromatic heterocycles. The first-order valence-corrected chi connectivity index (χ1v) is 12.1. The van der Waals surface area contributed by atoms with Crippen molar-refractivity contribution in [2.75, 3.05) is 23.8 Å². The number of aromatic nitrogens is 4. The molecule has 0 saturated carbocycles. The molecule has 13 heteroatoms. The number of ether oxygens (including phenoxy) is 1. The van der Waals surface area contributed by atoms with Crippen molar-refractivity contribution in [3.63, 3.8) is 0 Å². The quantitative estimate of drug-likeness (QED) is 0.325. The standard InChI is InChI=1S/C18H22N6O5S2/c19-16-13-17(21-9-20-16)24(10-22-13)18-15(26)14(25)12(29-18)8-30-7-6-23-31(27,28)11-4-2-1-3-5-11/h1-5,9-10,12,14-15,18,23,25-26H,6-8H2,(H2,19,20,21)/t12-,14-,15-,18-/m1/s1. The Morgan fingerprint density at radius 1 is 1.16 bits per heavy atom. The van der Waals surface area contributed by atoms with Gasteiger partial charge in [0.1, 0.15) is 24.1 Å². The van der Waals surface area contributed by atoms with Gasteiger partial charge in [-0.25, -0.2) is 28.1 Å². The Labute approximate surface area is 182 Å². The van der Waals surface area contributed by atoms with E-state index < -0.39 is 34.6 Å². The smallest absolute Gasteiger partial charge is 0.240 e. The number of hydrogen-bond donors (Lipinski definition) is 4. The zero-order valence-electron chi connectivity index (χ0n) is 16.3. The summed E-state index contributed by atoms with van der Waals surface area (Å²) >= 11 is 1.40. The summed E-state index contributed by atoms with van der Waals surface area (Å²) in [5, 5.41) is 20.9. The second kappa shape index (κ2) is 9.06. The fraction of sp³-hybridized carbons (Fsp3) is 0.389. The lowest BCUT2D eigenvalue weighted by atomic mass is 10.1. The molecule has 11 nitrogen and oxygen atoms in total. The normalized spacial score (nSPS) is 24.1. The molecule has 0 spiro atoms. The number of nitrogens with one attached hydrogen (secondary N) is 1. The zero-order valence-corrected chi connectivity index (χ0v) is 17.9. The number of nitrogens with two attached hydrogens (primary N) is 1. The fourth-order valence-electron chi connectivity index (χ4n) is 3.28. The molecule has 0 aliphatic carbocycles. The molecule has 1 aliphatic heterocycles. The summed E-state index contributed by atoms with van der Waals surface area (Å²) in [4.78, 5) is 12.4. The van der Waals surface area contributed by atoms with Crippen molar-refractivity contribution < 1.29 is 23.4 Å². The van der Waals surface area contributed by atoms with E-state index in [0.29, 0.717) is 22.7 Å². The van der Waals surface area contributed by atoms with Crippen LogP contribution in [0.4, 0.5) is 5.82 Å². The van der Waals surface area contributed by atoms with Crippen LogP contribution in [0.2, 0.25) is 0 Å². The highest BCUT2D eigenvalue weighted by Gasteiger charge is 2.44. The van der Waals surface area contributed by atoms with Gasteiger partial charge in [0.25, 0.3) is 0 Å². The summed E-state index contributed by atoms with van der Waals surface area (Å²) in [6.45, 7) is 0.221. The van der Waals surface area contributed by atoms with Gasteiger partial charge >= 0.3 is 0 Å². The highest BCUT2D eigenvalue weighted by molar-refractivity contribution is 7.99. The second-order valence-corrected chi connectivity index (χ2v) is 9.83. The summed E-state index contributed by atoms with van der Waals surface area (Å²) in [5.74, 6) is 1.05. The van der Waals surface area contributed by atoms with E-state index in [1.54, 1.807) is 18.2 Å². The number of sulfonamides is 1. The molecule has 1 fully saturated rings. The molecule has 0 bridgehead atoms. The molecule has 4 rings (SSSR count). The van der Waals surface area contributed by atoms with Crippen LogP contribution in [0.1, 0.15) is 6.23 Å². The van der Waals surface area contributed by atoms with Crippen LogP contribution in [-0.4, -0.2) is 74.5 Å². The molecule has 1 aromatic carbocycles. The molecular weight excluding hydrogens is 444 g/mol. The Hall–Kier alpha value is -2.29. The lowest BCUT2D eigenvalue weighted by Crippen LogP contribution is -2.33. The molecule has 1 aliphatic rings. The number of thioether (sulfide) groups is 1. The lowest BCUT2D eigenvalue weighted by Gasteiger charge is -2.16. The molecule has 5 N–H and O–H groups in total. The zero-order chi connectivity index (χ0) is 22.0. The predicted molar refractivity (Wildman–Crippen MR) is 115 cm³/mol. The van der Waals surface area contributed by atoms with Gasteiger partial charge in [-0.05, 0) is 12.1 Å². The van der Waals surface area contributed by atoms with Crippen LogP contribution < -0.4 is 10.5 Å². The Morgan fingerprint density at radius 2 is 1.94 bits per heavy atom. The Kier molecular flexibility index (Phi) is 6.41. The van der Waals surface area contributed by atoms with Crippen molar-refractivity contribution in [3.05, 3.63) is 43.0 Å². The molecule has 166 valence electrons. The Balaban J connectivity index is 1.31. The molecule has 1 saturated heterocycles. The number of imidazole rings is 1. The largest absolute Gasteiger partial charge is 0.387 e. The highest BCUT2D eigenvalue weighted by atomic mass is 32.2. The number of benzene rings is 1. The number of anilines is 1. The topological polar surface area (TPSA) is 165 Å². The van der Waals surface area contributed by atoms with Gasteiger partial charge in [0, 0.05) is 18.1 Å². The van der Waals surface area contributed by atoms with E-state index >= 15 is 0 Å². The molecular formula is C18H22N6O5S2. The third kappa shape index (κ3) is 4.51. The van der Waals surface area contributed by atoms with Crippen LogP contribution in [0.15, 0.2) is 47.9 Å². The highest BCUT2D eigenvalue weighted by Crippen LogP contribution is 2.33. The minimum Gasteiger partial charge on any atom is -0.387 e. The maximum atomic E-state index is 12.2. The Morgan fingerprint density at radius 3 is 2.71 bits per heavy atom. The van der Waals surface area contributed by atoms with Gasteiger partial charge < -0.3 is 20.7 Å². The minimum atomic E-state index is -3.56. The third-order valence-electron chi connectivity index (χ3n) is 4.87. The number of aliphatic hydroxyl groups is 2. The van der Waals surface area contributed by atoms with Gasteiger partial charge in [-0.1, -0.05) is 18.2 Å². The van der Waals surface area contributed by atoms with Crippen molar-refractivity contribution in [2.24, 2.45) is 0 Å². The molecule has 0 amide bonds. The van der Waals surface area contributed by atoms with Crippen LogP contribution >= 0.6 is 11.8 Å². The van der Waals surface area contributed by atoms with E-state index in [2.05, 4.69) is 19.7 Å². The van der Waals surface area contributed by atoms with Crippen LogP contribution in [0.3, 0.4) is 0 Å². The minimum absolute atomic E-state index is 0.206. The monoisotopic (exact) mass is 466 g/mol. The summed E-state index contributed by atoms with van der Waals surface area (Å²) < 4.78 is 34.3. The fourth-order valence-corrected chi connectivity index (χ4v) is 5.39. The van der Waals surface area contributed by atoms with Crippen LogP contribution in [0.5, 0.6) is 0 Å². The summed E-state index contributed by atoms with van der Waals surface area (Å²) in [7, 11) is -3.56. The van der Waals surface area contributed by atoms with E-state index in [4.69, 9.17) is 10.5 Å². The van der Waals surface area contributed by atoms with Gasteiger partial charge in [-0.3, -0.25) is 4.57 Å². The predicted octanol–water partition coefficient (Wildman–Crippen LogP) is -0.261. The first-order valence-electron chi connectivity index (χ1n) is 9.45. The Bertz CT molecular complexity index is 1140. The van der Waals surface area contributed by atoms with Crippen molar-refractivity contribution in [3.8, 4) is 0 Å². The number of nitrogen functional groups attached to an aromatic ring is 1. The van der Waals surface area contributed by atoms with Crippen LogP contribution in [0, 0.1) is 0 Å². The van der Waals surface area contributed by atoms with E-state index in [9.17, 15) is 18.6 Å². The first-order chi connectivity index (χ1) is 14.9. The summed E-state index contributed by atoms with van der Waals surface area (Å²) in [6, 6.07) is 8.12. The second-order valence-electron chi connectivity index (χ2n) is 6.91. The van der Waals surface area contributed by atoms with Crippen molar-refractivity contribution >= 4 is 38.8 Å². The average Bonchev–Trinajstić information content (AvgIpc) is 3.31. The maximum Gasteiger partial charge on any atom is 0.240 e. The first kappa shape index (κ1) is 21.9. The molecule has 31 heavy (non-hydrogen) atoms. The number of hydrogen-bond acceptors (Lipinski definition) is 10. The van der Waals surface area contributed by atoms with Crippen molar-refractivity contribution in [2.45, 2.75) is 29.4 Å². The number of nitrogens with zero attached hydrogens (tertiary/aromatic N) is 4. The van der Waals surface area contributed by atoms with Gasteiger partial charge in [0.15, 0.2) is 17.7 Å². The van der Waals surface area contributed by atoms with E-state index in [1.807, 2.05) is 0 Å². The van der Waals surface area contributed by atoms with E-state index in [1.165, 1.54) is 41.1 Å².